The molecule has 0 saturated heterocycles. The number of rotatable bonds is 1. The molecule has 9 heavy (non-hydrogen) atoms. The molecule has 0 aliphatic carbocycles. The van der Waals surface area contributed by atoms with Gasteiger partial charge in [-0.25, -0.2) is 10.1 Å². The van der Waals surface area contributed by atoms with Crippen LogP contribution in [0.15, 0.2) is 10.8 Å². The van der Waals surface area contributed by atoms with Crippen molar-refractivity contribution < 1.29 is 14.6 Å². The Kier molecular flexibility index (Phi) is 1.41. The Labute approximate surface area is 49.4 Å². The van der Waals surface area contributed by atoms with Crippen LogP contribution < -0.4 is 5.48 Å². The highest BCUT2D eigenvalue weighted by atomic mass is 16.6. The molecule has 6 heteroatoms. The molecule has 0 atom stereocenters. The minimum absolute atomic E-state index is 0.0579. The molecule has 0 aromatic carbocycles. The molecular weight excluding hydrogens is 126 g/mol. The lowest BCUT2D eigenvalue weighted by Gasteiger charge is -1.85. The molecule has 0 aliphatic rings. The monoisotopic (exact) mass is 129 g/mol. The maximum Gasteiger partial charge on any atom is 0.298 e. The van der Waals surface area contributed by atoms with E-state index in [9.17, 15) is 4.79 Å². The molecule has 0 bridgehead atoms. The zero-order valence-corrected chi connectivity index (χ0v) is 4.24. The molecule has 1 amide bonds. The number of carbonyl (C=O) groups is 1. The molecule has 1 heterocycles. The first-order valence-electron chi connectivity index (χ1n) is 2.06. The first kappa shape index (κ1) is 5.70. The van der Waals surface area contributed by atoms with Crippen molar-refractivity contribution >= 4 is 5.91 Å². The summed E-state index contributed by atoms with van der Waals surface area (Å²) in [4.78, 5) is 10.4. The van der Waals surface area contributed by atoms with Crippen molar-refractivity contribution in [2.24, 2.45) is 0 Å². The molecule has 1 aromatic heterocycles. The molecule has 0 aliphatic heterocycles. The Morgan fingerprint density at radius 1 is 1.89 bits per heavy atom. The van der Waals surface area contributed by atoms with Crippen molar-refractivity contribution in [3.63, 3.8) is 0 Å². The summed E-state index contributed by atoms with van der Waals surface area (Å²) in [6, 6.07) is 0. The SMILES string of the molecule is O=C(NO)c1cnon1. The first-order valence-corrected chi connectivity index (χ1v) is 2.06. The summed E-state index contributed by atoms with van der Waals surface area (Å²) in [5.74, 6) is -0.740. The van der Waals surface area contributed by atoms with Gasteiger partial charge in [0.25, 0.3) is 5.91 Å². The predicted molar refractivity (Wildman–Crippen MR) is 23.6 cm³/mol. The second-order valence-electron chi connectivity index (χ2n) is 1.23. The van der Waals surface area contributed by atoms with E-state index in [4.69, 9.17) is 5.21 Å². The summed E-state index contributed by atoms with van der Waals surface area (Å²) in [5, 5.41) is 14.3. The molecule has 6 nitrogen and oxygen atoms in total. The van der Waals surface area contributed by atoms with Gasteiger partial charge in [-0.15, -0.1) is 0 Å². The van der Waals surface area contributed by atoms with E-state index in [1.165, 1.54) is 5.48 Å². The van der Waals surface area contributed by atoms with Gasteiger partial charge >= 0.3 is 0 Å². The number of hydroxylamine groups is 1. The van der Waals surface area contributed by atoms with Gasteiger partial charge in [0.1, 0.15) is 6.20 Å². The standard InChI is InChI=1S/C3H3N3O3/c7-3(5-8)2-1-4-9-6-2/h1,8H,(H,5,7). The normalized spacial score (nSPS) is 9.00. The van der Waals surface area contributed by atoms with E-state index >= 15 is 0 Å². The summed E-state index contributed by atoms with van der Waals surface area (Å²) in [6.45, 7) is 0. The third-order valence-electron chi connectivity index (χ3n) is 0.695. The van der Waals surface area contributed by atoms with Crippen molar-refractivity contribution in [2.75, 3.05) is 0 Å². The fraction of sp³-hybridized carbons (Fsp3) is 0. The molecule has 0 spiro atoms. The van der Waals surface area contributed by atoms with E-state index in [0.717, 1.165) is 6.20 Å². The van der Waals surface area contributed by atoms with Crippen molar-refractivity contribution in [1.82, 2.24) is 15.8 Å². The zero-order chi connectivity index (χ0) is 6.69. The molecule has 2 N–H and O–H groups in total. The molecule has 0 fully saturated rings. The molecular formula is C3H3N3O3. The maximum atomic E-state index is 10.4. The Bertz CT molecular complexity index is 194. The van der Waals surface area contributed by atoms with Crippen LogP contribution in [0.25, 0.3) is 0 Å². The molecule has 1 rings (SSSR count). The largest absolute Gasteiger partial charge is 0.298 e. The van der Waals surface area contributed by atoms with E-state index in [0.29, 0.717) is 0 Å². The minimum atomic E-state index is -0.740. The molecule has 1 aromatic rings. The number of amides is 1. The summed E-state index contributed by atoms with van der Waals surface area (Å²) < 4.78 is 4.07. The van der Waals surface area contributed by atoms with E-state index in [1.807, 2.05) is 0 Å². The topological polar surface area (TPSA) is 88.2 Å². The summed E-state index contributed by atoms with van der Waals surface area (Å²) >= 11 is 0. The van der Waals surface area contributed by atoms with Crippen LogP contribution in [0, 0.1) is 0 Å². The van der Waals surface area contributed by atoms with Crippen molar-refractivity contribution in [3.05, 3.63) is 11.9 Å². The van der Waals surface area contributed by atoms with E-state index in [1.54, 1.807) is 0 Å². The van der Waals surface area contributed by atoms with Crippen LogP contribution in [0.5, 0.6) is 0 Å². The van der Waals surface area contributed by atoms with Gasteiger partial charge in [-0.05, 0) is 5.16 Å². The van der Waals surface area contributed by atoms with Crippen LogP contribution in [0.3, 0.4) is 0 Å². The fourth-order valence-corrected chi connectivity index (χ4v) is 0.322. The molecule has 0 radical (unpaired) electrons. The fourth-order valence-electron chi connectivity index (χ4n) is 0.322. The van der Waals surface area contributed by atoms with Gasteiger partial charge in [0, 0.05) is 0 Å². The van der Waals surface area contributed by atoms with E-state index < -0.39 is 5.91 Å². The predicted octanol–water partition coefficient (Wildman–Crippen LogP) is -0.811. The van der Waals surface area contributed by atoms with Gasteiger partial charge in [-0.1, -0.05) is 5.16 Å². The van der Waals surface area contributed by atoms with E-state index in [-0.39, 0.29) is 5.69 Å². The number of nitrogens with one attached hydrogen (secondary N) is 1. The maximum absolute atomic E-state index is 10.4. The number of aromatic nitrogens is 2. The lowest BCUT2D eigenvalue weighted by atomic mass is 10.5. The van der Waals surface area contributed by atoms with Gasteiger partial charge in [-0.2, -0.15) is 0 Å². The lowest BCUT2D eigenvalue weighted by Crippen LogP contribution is -2.18. The second kappa shape index (κ2) is 2.23. The molecule has 0 saturated carbocycles. The highest BCUT2D eigenvalue weighted by Gasteiger charge is 2.06. The lowest BCUT2D eigenvalue weighted by molar-refractivity contribution is 0.0695. The highest BCUT2D eigenvalue weighted by molar-refractivity contribution is 5.90. The van der Waals surface area contributed by atoms with Gasteiger partial charge in [0.2, 0.25) is 0 Å². The Morgan fingerprint density at radius 3 is 3.11 bits per heavy atom. The van der Waals surface area contributed by atoms with Gasteiger partial charge in [-0.3, -0.25) is 10.0 Å². The smallest absolute Gasteiger partial charge is 0.288 e. The van der Waals surface area contributed by atoms with Crippen LogP contribution in [-0.4, -0.2) is 21.4 Å². The quantitative estimate of drug-likeness (QED) is 0.382. The van der Waals surface area contributed by atoms with Gasteiger partial charge in [0.05, 0.1) is 0 Å². The molecule has 0 unspecified atom stereocenters. The van der Waals surface area contributed by atoms with Crippen LogP contribution in [0.4, 0.5) is 0 Å². The van der Waals surface area contributed by atoms with Gasteiger partial charge < -0.3 is 0 Å². The van der Waals surface area contributed by atoms with E-state index in [2.05, 4.69) is 14.9 Å². The van der Waals surface area contributed by atoms with Crippen LogP contribution in [-0.2, 0) is 0 Å². The van der Waals surface area contributed by atoms with Crippen molar-refractivity contribution in [2.45, 2.75) is 0 Å². The number of hydrogen-bond donors (Lipinski definition) is 2. The summed E-state index contributed by atoms with van der Waals surface area (Å²) in [5.41, 5.74) is 1.31. The van der Waals surface area contributed by atoms with Crippen molar-refractivity contribution in [1.29, 1.82) is 0 Å². The van der Waals surface area contributed by atoms with Crippen molar-refractivity contribution in [3.8, 4) is 0 Å². The average Bonchev–Trinajstić information content (AvgIpc) is 2.37. The molecule has 48 valence electrons. The first-order chi connectivity index (χ1) is 4.34. The summed E-state index contributed by atoms with van der Waals surface area (Å²) in [7, 11) is 0. The third kappa shape index (κ3) is 1.03. The Hall–Kier alpha value is -1.43. The van der Waals surface area contributed by atoms with Gasteiger partial charge in [0.15, 0.2) is 5.69 Å². The van der Waals surface area contributed by atoms with Crippen LogP contribution >= 0.6 is 0 Å². The third-order valence-corrected chi connectivity index (χ3v) is 0.695. The zero-order valence-electron chi connectivity index (χ0n) is 4.24. The Morgan fingerprint density at radius 2 is 2.67 bits per heavy atom. The Balaban J connectivity index is 2.77. The number of hydrogen-bond acceptors (Lipinski definition) is 5. The summed E-state index contributed by atoms with van der Waals surface area (Å²) in [6.07, 6.45) is 1.09. The van der Waals surface area contributed by atoms with Crippen LogP contribution in [0.1, 0.15) is 10.5 Å². The average molecular weight is 129 g/mol. The second-order valence-corrected chi connectivity index (χ2v) is 1.23. The minimum Gasteiger partial charge on any atom is -0.288 e. The number of nitrogens with zero attached hydrogens (tertiary/aromatic N) is 2. The highest BCUT2D eigenvalue weighted by Crippen LogP contribution is 1.87. The van der Waals surface area contributed by atoms with Crippen LogP contribution in [0.2, 0.25) is 0 Å². The number of carbonyl (C=O) groups excluding carboxylic acids is 1.